The van der Waals surface area contributed by atoms with Crippen molar-refractivity contribution in [2.24, 2.45) is 5.92 Å². The largest absolute Gasteiger partial charge is 0.355 e. The summed E-state index contributed by atoms with van der Waals surface area (Å²) in [4.78, 5) is 22.7. The van der Waals surface area contributed by atoms with Crippen molar-refractivity contribution in [1.29, 1.82) is 0 Å². The molecule has 1 unspecified atom stereocenters. The monoisotopic (exact) mass is 237 g/mol. The van der Waals surface area contributed by atoms with E-state index in [1.54, 1.807) is 6.92 Å². The van der Waals surface area contributed by atoms with E-state index < -0.39 is 0 Å². The Morgan fingerprint density at radius 3 is 2.65 bits per heavy atom. The summed E-state index contributed by atoms with van der Waals surface area (Å²) in [5.74, 6) is 2.56. The Bertz CT molecular complexity index is 318. The van der Waals surface area contributed by atoms with E-state index in [0.29, 0.717) is 13.1 Å². The second-order valence-corrected chi connectivity index (χ2v) is 4.16. The molecule has 17 heavy (non-hydrogen) atoms. The second-order valence-electron chi connectivity index (χ2n) is 4.16. The zero-order valence-corrected chi connectivity index (χ0v) is 10.1. The molecular formula is C12H19N3O2. The Hall–Kier alpha value is -1.54. The molecule has 2 amide bonds. The van der Waals surface area contributed by atoms with Crippen LogP contribution in [0.4, 0.5) is 0 Å². The Morgan fingerprint density at radius 2 is 2.06 bits per heavy atom. The molecule has 1 atom stereocenters. The van der Waals surface area contributed by atoms with Crippen LogP contribution in [0.1, 0.15) is 19.8 Å². The van der Waals surface area contributed by atoms with Crippen molar-refractivity contribution in [3.05, 3.63) is 0 Å². The van der Waals surface area contributed by atoms with Crippen molar-refractivity contribution < 1.29 is 9.59 Å². The summed E-state index contributed by atoms with van der Waals surface area (Å²) in [6, 6.07) is -0.304. The molecule has 1 fully saturated rings. The van der Waals surface area contributed by atoms with Gasteiger partial charge in [0.25, 0.3) is 0 Å². The minimum absolute atomic E-state index is 0.122. The smallest absolute Gasteiger partial charge is 0.237 e. The van der Waals surface area contributed by atoms with Crippen molar-refractivity contribution in [3.8, 4) is 12.3 Å². The third-order valence-corrected chi connectivity index (χ3v) is 2.58. The van der Waals surface area contributed by atoms with Crippen LogP contribution in [-0.2, 0) is 9.59 Å². The highest BCUT2D eigenvalue weighted by Gasteiger charge is 2.28. The average Bonchev–Trinajstić information content (AvgIpc) is 3.14. The fourth-order valence-corrected chi connectivity index (χ4v) is 1.35. The molecule has 5 nitrogen and oxygen atoms in total. The van der Waals surface area contributed by atoms with Crippen LogP contribution in [0, 0.1) is 18.3 Å². The first kappa shape index (κ1) is 13.5. The van der Waals surface area contributed by atoms with Crippen LogP contribution in [0.25, 0.3) is 0 Å². The molecule has 0 aromatic carbocycles. The van der Waals surface area contributed by atoms with E-state index in [1.807, 2.05) is 0 Å². The lowest BCUT2D eigenvalue weighted by molar-refractivity contribution is -0.122. The lowest BCUT2D eigenvalue weighted by Gasteiger charge is -2.13. The molecule has 1 saturated carbocycles. The van der Waals surface area contributed by atoms with Gasteiger partial charge in [-0.05, 0) is 19.8 Å². The van der Waals surface area contributed by atoms with Gasteiger partial charge >= 0.3 is 0 Å². The molecule has 5 heteroatoms. The number of hydrogen-bond acceptors (Lipinski definition) is 3. The van der Waals surface area contributed by atoms with Gasteiger partial charge < -0.3 is 16.0 Å². The lowest BCUT2D eigenvalue weighted by Crippen LogP contribution is -2.45. The van der Waals surface area contributed by atoms with E-state index in [9.17, 15) is 9.59 Å². The van der Waals surface area contributed by atoms with E-state index in [2.05, 4.69) is 21.9 Å². The minimum atomic E-state index is -0.304. The molecule has 0 aromatic rings. The van der Waals surface area contributed by atoms with Gasteiger partial charge in [-0.3, -0.25) is 9.59 Å². The molecule has 0 saturated heterocycles. The summed E-state index contributed by atoms with van der Waals surface area (Å²) >= 11 is 0. The zero-order chi connectivity index (χ0) is 12.7. The third-order valence-electron chi connectivity index (χ3n) is 2.58. The predicted molar refractivity (Wildman–Crippen MR) is 65.0 cm³/mol. The number of rotatable bonds is 7. The van der Waals surface area contributed by atoms with Gasteiger partial charge in [-0.25, -0.2) is 0 Å². The van der Waals surface area contributed by atoms with Gasteiger partial charge in [0, 0.05) is 19.0 Å². The van der Waals surface area contributed by atoms with Crippen LogP contribution in [0.2, 0.25) is 0 Å². The summed E-state index contributed by atoms with van der Waals surface area (Å²) in [7, 11) is 0. The molecule has 1 rings (SSSR count). The lowest BCUT2D eigenvalue weighted by atomic mass is 10.3. The van der Waals surface area contributed by atoms with Crippen molar-refractivity contribution in [2.45, 2.75) is 25.8 Å². The first-order valence-electron chi connectivity index (χ1n) is 5.87. The highest BCUT2D eigenvalue weighted by atomic mass is 16.2. The summed E-state index contributed by atoms with van der Waals surface area (Å²) in [5.41, 5.74) is 0. The molecule has 3 N–H and O–H groups in total. The normalized spacial score (nSPS) is 15.8. The molecule has 0 spiro atoms. The van der Waals surface area contributed by atoms with Crippen molar-refractivity contribution in [3.63, 3.8) is 0 Å². The number of terminal acetylenes is 1. The van der Waals surface area contributed by atoms with Gasteiger partial charge in [-0.1, -0.05) is 5.92 Å². The van der Waals surface area contributed by atoms with Gasteiger partial charge in [-0.15, -0.1) is 6.42 Å². The molecule has 0 heterocycles. The number of carbonyl (C=O) groups excluding carboxylic acids is 2. The van der Waals surface area contributed by atoms with Crippen LogP contribution in [0.15, 0.2) is 0 Å². The van der Waals surface area contributed by atoms with Crippen molar-refractivity contribution in [1.82, 2.24) is 16.0 Å². The standard InChI is InChI=1S/C12H19N3O2/c1-3-6-14-11(16)9(2)13-7-8-15-12(17)10-4-5-10/h1,9-10,13H,4-8H2,2H3,(H,14,16)(H,15,17). The van der Waals surface area contributed by atoms with Crippen molar-refractivity contribution in [2.75, 3.05) is 19.6 Å². The van der Waals surface area contributed by atoms with Crippen LogP contribution in [-0.4, -0.2) is 37.5 Å². The van der Waals surface area contributed by atoms with Gasteiger partial charge in [-0.2, -0.15) is 0 Å². The van der Waals surface area contributed by atoms with E-state index in [4.69, 9.17) is 6.42 Å². The van der Waals surface area contributed by atoms with Crippen LogP contribution in [0.5, 0.6) is 0 Å². The van der Waals surface area contributed by atoms with Gasteiger partial charge in [0.2, 0.25) is 11.8 Å². The quantitative estimate of drug-likeness (QED) is 0.403. The summed E-state index contributed by atoms with van der Waals surface area (Å²) in [6.07, 6.45) is 7.04. The first-order chi connectivity index (χ1) is 8.15. The maximum atomic E-state index is 11.4. The first-order valence-corrected chi connectivity index (χ1v) is 5.87. The fraction of sp³-hybridized carbons (Fsp3) is 0.667. The predicted octanol–water partition coefficient (Wildman–Crippen LogP) is -0.760. The summed E-state index contributed by atoms with van der Waals surface area (Å²) < 4.78 is 0. The average molecular weight is 237 g/mol. The highest BCUT2D eigenvalue weighted by molar-refractivity contribution is 5.81. The van der Waals surface area contributed by atoms with Crippen molar-refractivity contribution >= 4 is 11.8 Å². The van der Waals surface area contributed by atoms with E-state index >= 15 is 0 Å². The third kappa shape index (κ3) is 5.36. The Morgan fingerprint density at radius 1 is 1.35 bits per heavy atom. The number of hydrogen-bond donors (Lipinski definition) is 3. The van der Waals surface area contributed by atoms with Crippen LogP contribution >= 0.6 is 0 Å². The number of carbonyl (C=O) groups is 2. The van der Waals surface area contributed by atoms with Gasteiger partial charge in [0.1, 0.15) is 0 Å². The molecule has 0 aromatic heterocycles. The molecular weight excluding hydrogens is 218 g/mol. The Kier molecular flexibility index (Phi) is 5.50. The second kappa shape index (κ2) is 6.92. The minimum Gasteiger partial charge on any atom is -0.355 e. The summed E-state index contributed by atoms with van der Waals surface area (Å²) in [6.45, 7) is 3.11. The molecule has 1 aliphatic carbocycles. The Labute approximate surface area is 102 Å². The van der Waals surface area contributed by atoms with E-state index in [0.717, 1.165) is 12.8 Å². The maximum absolute atomic E-state index is 11.4. The van der Waals surface area contributed by atoms with Gasteiger partial charge in [0.05, 0.1) is 12.6 Å². The molecule has 1 aliphatic rings. The zero-order valence-electron chi connectivity index (χ0n) is 10.1. The fourth-order valence-electron chi connectivity index (χ4n) is 1.35. The van der Waals surface area contributed by atoms with Crippen LogP contribution < -0.4 is 16.0 Å². The topological polar surface area (TPSA) is 70.2 Å². The van der Waals surface area contributed by atoms with E-state index in [1.165, 1.54) is 0 Å². The summed E-state index contributed by atoms with van der Waals surface area (Å²) in [5, 5.41) is 8.41. The van der Waals surface area contributed by atoms with Gasteiger partial charge in [0.15, 0.2) is 0 Å². The molecule has 0 aliphatic heterocycles. The Balaban J connectivity index is 2.02. The number of amides is 2. The SMILES string of the molecule is C#CCNC(=O)C(C)NCCNC(=O)C1CC1. The highest BCUT2D eigenvalue weighted by Crippen LogP contribution is 2.28. The molecule has 0 radical (unpaired) electrons. The van der Waals surface area contributed by atoms with E-state index in [-0.39, 0.29) is 30.3 Å². The number of nitrogens with one attached hydrogen (secondary N) is 3. The molecule has 94 valence electrons. The van der Waals surface area contributed by atoms with Crippen LogP contribution in [0.3, 0.4) is 0 Å². The molecule has 0 bridgehead atoms. The maximum Gasteiger partial charge on any atom is 0.237 e.